The van der Waals surface area contributed by atoms with Crippen molar-refractivity contribution >= 4 is 39.5 Å². The molecule has 0 amide bonds. The number of thiazole rings is 1. The molecule has 0 aliphatic rings. The number of ether oxygens (including phenoxy) is 2. The van der Waals surface area contributed by atoms with E-state index in [9.17, 15) is 4.79 Å². The van der Waals surface area contributed by atoms with Gasteiger partial charge in [0.25, 0.3) is 0 Å². The van der Waals surface area contributed by atoms with Crippen LogP contribution in [0.15, 0.2) is 62.1 Å². The van der Waals surface area contributed by atoms with Gasteiger partial charge in [-0.15, -0.1) is 11.3 Å². The number of nitrogens with one attached hydrogen (secondary N) is 1. The molecule has 2 heterocycles. The van der Waals surface area contributed by atoms with Gasteiger partial charge in [-0.3, -0.25) is 9.29 Å². The van der Waals surface area contributed by atoms with Crippen molar-refractivity contribution in [3.63, 3.8) is 0 Å². The van der Waals surface area contributed by atoms with E-state index < -0.39 is 5.76 Å². The molecule has 0 aliphatic heterocycles. The van der Waals surface area contributed by atoms with Gasteiger partial charge in [0.15, 0.2) is 10.7 Å². The first-order chi connectivity index (χ1) is 13.7. The Morgan fingerprint density at radius 1 is 1.21 bits per heavy atom. The molecule has 0 aliphatic carbocycles. The van der Waals surface area contributed by atoms with Crippen LogP contribution in [-0.4, -0.2) is 24.2 Å². The molecule has 0 spiro atoms. The molecule has 4 rings (SSSR count). The summed E-state index contributed by atoms with van der Waals surface area (Å²) >= 11 is 3.06. The topological polar surface area (TPSA) is 80.6 Å². The Morgan fingerprint density at radius 3 is 2.86 bits per heavy atom. The fourth-order valence-corrected chi connectivity index (χ4v) is 4.39. The van der Waals surface area contributed by atoms with Crippen molar-refractivity contribution in [3.05, 3.63) is 64.1 Å². The van der Waals surface area contributed by atoms with Gasteiger partial charge in [-0.2, -0.15) is 0 Å². The van der Waals surface area contributed by atoms with Crippen LogP contribution in [0.5, 0.6) is 11.5 Å². The first-order valence-electron chi connectivity index (χ1n) is 8.35. The number of methoxy groups -OCH3 is 2. The predicted molar refractivity (Wildman–Crippen MR) is 111 cm³/mol. The van der Waals surface area contributed by atoms with Crippen LogP contribution in [-0.2, 0) is 6.54 Å². The molecule has 0 saturated heterocycles. The third kappa shape index (κ3) is 3.85. The van der Waals surface area contributed by atoms with Crippen molar-refractivity contribution in [3.8, 4) is 11.5 Å². The first-order valence-corrected chi connectivity index (χ1v) is 10.0. The SMILES string of the molecule is COc1ccc(CN(Sc2ccc3[nH]c(=O)oc3c2)c2nccs2)c(OC)c1. The molecule has 2 aromatic heterocycles. The number of rotatable bonds is 7. The van der Waals surface area contributed by atoms with Crippen molar-refractivity contribution in [2.75, 3.05) is 18.5 Å². The average Bonchev–Trinajstić information content (AvgIpc) is 3.36. The maximum atomic E-state index is 11.4. The summed E-state index contributed by atoms with van der Waals surface area (Å²) in [6, 6.07) is 11.3. The summed E-state index contributed by atoms with van der Waals surface area (Å²) in [5.41, 5.74) is 2.20. The second-order valence-electron chi connectivity index (χ2n) is 5.79. The summed E-state index contributed by atoms with van der Waals surface area (Å²) in [5, 5.41) is 2.79. The number of oxazole rings is 1. The van der Waals surface area contributed by atoms with Gasteiger partial charge in [-0.1, -0.05) is 0 Å². The normalized spacial score (nSPS) is 10.9. The molecule has 0 fully saturated rings. The minimum atomic E-state index is -0.461. The van der Waals surface area contributed by atoms with Crippen LogP contribution in [0, 0.1) is 0 Å². The highest BCUT2D eigenvalue weighted by Gasteiger charge is 2.16. The number of hydrogen-bond donors (Lipinski definition) is 1. The van der Waals surface area contributed by atoms with Crippen molar-refractivity contribution in [1.82, 2.24) is 9.97 Å². The van der Waals surface area contributed by atoms with E-state index in [0.717, 1.165) is 27.1 Å². The van der Waals surface area contributed by atoms with Gasteiger partial charge in [0.1, 0.15) is 11.5 Å². The summed E-state index contributed by atoms with van der Waals surface area (Å²) in [6.45, 7) is 0.570. The molecule has 0 atom stereocenters. The minimum Gasteiger partial charge on any atom is -0.497 e. The fourth-order valence-electron chi connectivity index (χ4n) is 2.72. The van der Waals surface area contributed by atoms with E-state index in [-0.39, 0.29) is 0 Å². The van der Waals surface area contributed by atoms with Crippen LogP contribution in [0.3, 0.4) is 0 Å². The number of anilines is 1. The third-order valence-corrected chi connectivity index (χ3v) is 5.95. The number of H-pyrrole nitrogens is 1. The number of hydrogen-bond acceptors (Lipinski definition) is 8. The quantitative estimate of drug-likeness (QED) is 0.451. The second kappa shape index (κ2) is 7.99. The van der Waals surface area contributed by atoms with Gasteiger partial charge in [-0.25, -0.2) is 9.78 Å². The van der Waals surface area contributed by atoms with Crippen LogP contribution in [0.2, 0.25) is 0 Å². The summed E-state index contributed by atoms with van der Waals surface area (Å²) < 4.78 is 18.1. The van der Waals surface area contributed by atoms with Crippen molar-refractivity contribution in [2.45, 2.75) is 11.4 Å². The van der Waals surface area contributed by atoms with Crippen LogP contribution in [0.25, 0.3) is 11.1 Å². The molecule has 144 valence electrons. The van der Waals surface area contributed by atoms with Crippen molar-refractivity contribution in [1.29, 1.82) is 0 Å². The number of nitrogens with zero attached hydrogens (tertiary/aromatic N) is 2. The van der Waals surface area contributed by atoms with Crippen molar-refractivity contribution in [2.24, 2.45) is 0 Å². The Kier molecular flexibility index (Phi) is 5.27. The maximum Gasteiger partial charge on any atom is 0.417 e. The molecule has 0 unspecified atom stereocenters. The standard InChI is InChI=1S/C19H17N3O4S2/c1-24-13-4-3-12(16(9-13)25-2)11-22(18-20-7-8-27-18)28-14-5-6-15-17(10-14)26-19(23)21-15/h3-10H,11H2,1-2H3,(H,21,23). The lowest BCUT2D eigenvalue weighted by atomic mass is 10.2. The van der Waals surface area contributed by atoms with Gasteiger partial charge in [0.2, 0.25) is 0 Å². The number of aromatic amines is 1. The zero-order chi connectivity index (χ0) is 19.5. The molecule has 9 heteroatoms. The third-order valence-electron chi connectivity index (χ3n) is 4.05. The maximum absolute atomic E-state index is 11.4. The Balaban J connectivity index is 1.65. The van der Waals surface area contributed by atoms with E-state index >= 15 is 0 Å². The van der Waals surface area contributed by atoms with Gasteiger partial charge >= 0.3 is 5.76 Å². The smallest absolute Gasteiger partial charge is 0.417 e. The molecule has 0 radical (unpaired) electrons. The molecule has 0 saturated carbocycles. The molecule has 28 heavy (non-hydrogen) atoms. The highest BCUT2D eigenvalue weighted by molar-refractivity contribution is 8.00. The second-order valence-corrected chi connectivity index (χ2v) is 7.76. The van der Waals surface area contributed by atoms with Gasteiger partial charge < -0.3 is 13.9 Å². The summed E-state index contributed by atoms with van der Waals surface area (Å²) in [5.74, 6) is 1.02. The highest BCUT2D eigenvalue weighted by Crippen LogP contribution is 2.35. The van der Waals surface area contributed by atoms with E-state index in [0.29, 0.717) is 17.6 Å². The molecule has 4 aromatic rings. The molecular weight excluding hydrogens is 398 g/mol. The highest BCUT2D eigenvalue weighted by atomic mass is 32.2. The molecular formula is C19H17N3O4S2. The summed E-state index contributed by atoms with van der Waals surface area (Å²) in [6.07, 6.45) is 1.77. The Bertz CT molecular complexity index is 1140. The number of fused-ring (bicyclic) bond motifs is 1. The van der Waals surface area contributed by atoms with Gasteiger partial charge in [0, 0.05) is 28.1 Å². The Morgan fingerprint density at radius 2 is 2.11 bits per heavy atom. The minimum absolute atomic E-state index is 0.461. The van der Waals surface area contributed by atoms with Crippen LogP contribution >= 0.6 is 23.3 Å². The predicted octanol–water partition coefficient (Wildman–Crippen LogP) is 4.31. The lowest BCUT2D eigenvalue weighted by Crippen LogP contribution is -2.14. The van der Waals surface area contributed by atoms with Crippen LogP contribution in [0.4, 0.5) is 5.13 Å². The molecule has 0 bridgehead atoms. The van der Waals surface area contributed by atoms with E-state index in [2.05, 4.69) is 14.3 Å². The first kappa shape index (κ1) is 18.5. The zero-order valence-corrected chi connectivity index (χ0v) is 16.8. The molecule has 2 aromatic carbocycles. The molecule has 1 N–H and O–H groups in total. The lowest BCUT2D eigenvalue weighted by Gasteiger charge is -2.22. The van der Waals surface area contributed by atoms with Crippen LogP contribution < -0.4 is 19.5 Å². The van der Waals surface area contributed by atoms with E-state index in [1.54, 1.807) is 31.8 Å². The average molecular weight is 415 g/mol. The van der Waals surface area contributed by atoms with Crippen LogP contribution in [0.1, 0.15) is 5.56 Å². The lowest BCUT2D eigenvalue weighted by molar-refractivity contribution is 0.391. The van der Waals surface area contributed by atoms with E-state index in [1.807, 2.05) is 41.8 Å². The Labute approximate surface area is 169 Å². The monoisotopic (exact) mass is 415 g/mol. The summed E-state index contributed by atoms with van der Waals surface area (Å²) in [4.78, 5) is 19.4. The Hall–Kier alpha value is -2.91. The number of benzene rings is 2. The van der Waals surface area contributed by atoms with Crippen molar-refractivity contribution < 1.29 is 13.9 Å². The fraction of sp³-hybridized carbons (Fsp3) is 0.158. The largest absolute Gasteiger partial charge is 0.497 e. The molecule has 7 nitrogen and oxygen atoms in total. The zero-order valence-electron chi connectivity index (χ0n) is 15.2. The van der Waals surface area contributed by atoms with Gasteiger partial charge in [-0.05, 0) is 42.3 Å². The van der Waals surface area contributed by atoms with Gasteiger partial charge in [0.05, 0.1) is 26.3 Å². The van der Waals surface area contributed by atoms with E-state index in [4.69, 9.17) is 13.9 Å². The number of aromatic nitrogens is 2. The summed E-state index contributed by atoms with van der Waals surface area (Å²) in [7, 11) is 3.27. The van der Waals surface area contributed by atoms with E-state index in [1.165, 1.54) is 11.9 Å².